The Labute approximate surface area is 158 Å². The van der Waals surface area contributed by atoms with Crippen molar-refractivity contribution in [2.75, 3.05) is 6.54 Å². The number of carbonyl (C=O) groups is 1. The summed E-state index contributed by atoms with van der Waals surface area (Å²) in [7, 11) is 0. The number of hydrogen-bond donors (Lipinski definition) is 0. The number of rotatable bonds is 3. The van der Waals surface area contributed by atoms with Crippen LogP contribution in [0.4, 0.5) is 13.2 Å². The van der Waals surface area contributed by atoms with E-state index in [0.717, 1.165) is 17.7 Å². The Balaban J connectivity index is 1.59. The van der Waals surface area contributed by atoms with Crippen LogP contribution in [0.25, 0.3) is 11.4 Å². The van der Waals surface area contributed by atoms with E-state index < -0.39 is 23.7 Å². The normalized spacial score (nSPS) is 17.1. The lowest BCUT2D eigenvalue weighted by atomic mass is 10.1. The number of amides is 1. The fourth-order valence-electron chi connectivity index (χ4n) is 3.34. The molecule has 0 spiro atoms. The second kappa shape index (κ2) is 7.10. The molecule has 5 nitrogen and oxygen atoms in total. The first-order chi connectivity index (χ1) is 13.4. The van der Waals surface area contributed by atoms with Gasteiger partial charge >= 0.3 is 6.18 Å². The highest BCUT2D eigenvalue weighted by Gasteiger charge is 2.36. The molecule has 144 valence electrons. The molecule has 3 aromatic rings. The van der Waals surface area contributed by atoms with Gasteiger partial charge in [-0.05, 0) is 31.0 Å². The molecule has 2 heterocycles. The zero-order valence-electron chi connectivity index (χ0n) is 14.7. The van der Waals surface area contributed by atoms with Crippen LogP contribution in [-0.4, -0.2) is 27.5 Å². The number of nitrogens with zero attached hydrogens (tertiary/aromatic N) is 3. The third-order valence-electron chi connectivity index (χ3n) is 4.71. The lowest BCUT2D eigenvalue weighted by molar-refractivity contribution is -0.137. The van der Waals surface area contributed by atoms with Crippen LogP contribution in [0.5, 0.6) is 0 Å². The van der Waals surface area contributed by atoms with Crippen molar-refractivity contribution in [2.45, 2.75) is 25.1 Å². The van der Waals surface area contributed by atoms with Crippen molar-refractivity contribution < 1.29 is 22.5 Å². The molecule has 0 aliphatic carbocycles. The topological polar surface area (TPSA) is 59.2 Å². The zero-order valence-corrected chi connectivity index (χ0v) is 14.7. The van der Waals surface area contributed by atoms with Crippen molar-refractivity contribution in [3.63, 3.8) is 0 Å². The zero-order chi connectivity index (χ0) is 19.7. The monoisotopic (exact) mass is 387 g/mol. The van der Waals surface area contributed by atoms with Gasteiger partial charge in [-0.15, -0.1) is 0 Å². The number of aromatic nitrogens is 2. The van der Waals surface area contributed by atoms with Gasteiger partial charge in [0.25, 0.3) is 5.91 Å². The van der Waals surface area contributed by atoms with Crippen molar-refractivity contribution in [1.29, 1.82) is 0 Å². The Kier molecular flexibility index (Phi) is 4.62. The molecule has 1 aliphatic rings. The van der Waals surface area contributed by atoms with Crippen molar-refractivity contribution in [2.24, 2.45) is 0 Å². The van der Waals surface area contributed by atoms with Crippen LogP contribution in [-0.2, 0) is 6.18 Å². The lowest BCUT2D eigenvalue weighted by Gasteiger charge is -2.22. The molecule has 1 unspecified atom stereocenters. The third-order valence-corrected chi connectivity index (χ3v) is 4.71. The maximum atomic E-state index is 13.0. The van der Waals surface area contributed by atoms with Crippen LogP contribution in [0.3, 0.4) is 0 Å². The minimum atomic E-state index is -4.50. The summed E-state index contributed by atoms with van der Waals surface area (Å²) in [5, 5.41) is 3.97. The number of likely N-dealkylation sites (tertiary alicyclic amines) is 1. The van der Waals surface area contributed by atoms with Crippen LogP contribution >= 0.6 is 0 Å². The fourth-order valence-corrected chi connectivity index (χ4v) is 3.34. The average Bonchev–Trinajstić information content (AvgIpc) is 3.37. The summed E-state index contributed by atoms with van der Waals surface area (Å²) >= 11 is 0. The Hall–Kier alpha value is -3.16. The molecule has 4 rings (SSSR count). The predicted octanol–water partition coefficient (Wildman–Crippen LogP) is 4.73. The van der Waals surface area contributed by atoms with Gasteiger partial charge in [0.1, 0.15) is 6.04 Å². The molecule has 0 bridgehead atoms. The van der Waals surface area contributed by atoms with Gasteiger partial charge in [0.15, 0.2) is 0 Å². The van der Waals surface area contributed by atoms with E-state index in [1.807, 2.05) is 30.3 Å². The van der Waals surface area contributed by atoms with Crippen molar-refractivity contribution in [3.05, 3.63) is 71.6 Å². The fraction of sp³-hybridized carbons (Fsp3) is 0.250. The largest absolute Gasteiger partial charge is 0.416 e. The molecule has 1 amide bonds. The van der Waals surface area contributed by atoms with Gasteiger partial charge in [0.05, 0.1) is 5.56 Å². The smallest absolute Gasteiger partial charge is 0.337 e. The summed E-state index contributed by atoms with van der Waals surface area (Å²) in [6, 6.07) is 13.3. The van der Waals surface area contributed by atoms with Crippen LogP contribution < -0.4 is 0 Å². The van der Waals surface area contributed by atoms with E-state index in [1.165, 1.54) is 17.0 Å². The number of benzene rings is 2. The molecular formula is C20H16F3N3O2. The molecule has 8 heteroatoms. The number of halogens is 3. The summed E-state index contributed by atoms with van der Waals surface area (Å²) in [6.45, 7) is 0.419. The summed E-state index contributed by atoms with van der Waals surface area (Å²) < 4.78 is 44.2. The maximum Gasteiger partial charge on any atom is 0.416 e. The van der Waals surface area contributed by atoms with Gasteiger partial charge in [-0.3, -0.25) is 4.79 Å². The third kappa shape index (κ3) is 3.49. The van der Waals surface area contributed by atoms with E-state index in [9.17, 15) is 18.0 Å². The maximum absolute atomic E-state index is 13.0. The average molecular weight is 387 g/mol. The standard InChI is InChI=1S/C20H16F3N3O2/c21-20(22,23)15-9-4-8-14(12-15)19(27)26-11-5-10-16(26)18-24-17(25-28-18)13-6-2-1-3-7-13/h1-4,6-9,12,16H,5,10-11H2. The van der Waals surface area contributed by atoms with E-state index >= 15 is 0 Å². The molecule has 1 aromatic heterocycles. The van der Waals surface area contributed by atoms with Gasteiger partial charge in [0.2, 0.25) is 11.7 Å². The van der Waals surface area contributed by atoms with E-state index in [-0.39, 0.29) is 11.5 Å². The van der Waals surface area contributed by atoms with Crippen molar-refractivity contribution in [3.8, 4) is 11.4 Å². The minimum absolute atomic E-state index is 0.00970. The summed E-state index contributed by atoms with van der Waals surface area (Å²) in [5.74, 6) is 0.221. The second-order valence-corrected chi connectivity index (χ2v) is 6.56. The number of hydrogen-bond acceptors (Lipinski definition) is 4. The molecule has 2 aromatic carbocycles. The summed E-state index contributed by atoms with van der Waals surface area (Å²) in [4.78, 5) is 18.7. The first-order valence-corrected chi connectivity index (χ1v) is 8.81. The Morgan fingerprint density at radius 2 is 1.89 bits per heavy atom. The van der Waals surface area contributed by atoms with E-state index in [4.69, 9.17) is 4.52 Å². The molecule has 0 radical (unpaired) electrons. The van der Waals surface area contributed by atoms with E-state index in [1.54, 1.807) is 0 Å². The van der Waals surface area contributed by atoms with E-state index in [0.29, 0.717) is 25.2 Å². The summed E-state index contributed by atoms with van der Waals surface area (Å²) in [5.41, 5.74) is -0.0750. The molecule has 0 N–H and O–H groups in total. The SMILES string of the molecule is O=C(c1cccc(C(F)(F)F)c1)N1CCCC1c1nc(-c2ccccc2)no1. The number of alkyl halides is 3. The first kappa shape index (κ1) is 18.2. The molecule has 1 fully saturated rings. The number of carbonyl (C=O) groups excluding carboxylic acids is 1. The first-order valence-electron chi connectivity index (χ1n) is 8.81. The van der Waals surface area contributed by atoms with E-state index in [2.05, 4.69) is 10.1 Å². The van der Waals surface area contributed by atoms with Gasteiger partial charge in [-0.2, -0.15) is 18.2 Å². The quantitative estimate of drug-likeness (QED) is 0.652. The molecule has 28 heavy (non-hydrogen) atoms. The molecular weight excluding hydrogens is 371 g/mol. The Morgan fingerprint density at radius 3 is 2.64 bits per heavy atom. The lowest BCUT2D eigenvalue weighted by Crippen LogP contribution is -2.31. The van der Waals surface area contributed by atoms with Gasteiger partial charge in [-0.1, -0.05) is 41.6 Å². The minimum Gasteiger partial charge on any atom is -0.337 e. The highest BCUT2D eigenvalue weighted by molar-refractivity contribution is 5.94. The Morgan fingerprint density at radius 1 is 1.11 bits per heavy atom. The van der Waals surface area contributed by atoms with Gasteiger partial charge < -0.3 is 9.42 Å². The molecule has 0 saturated carbocycles. The van der Waals surface area contributed by atoms with Gasteiger partial charge in [-0.25, -0.2) is 0 Å². The highest BCUT2D eigenvalue weighted by Crippen LogP contribution is 2.34. The van der Waals surface area contributed by atoms with Crippen LogP contribution in [0.15, 0.2) is 59.1 Å². The van der Waals surface area contributed by atoms with Crippen molar-refractivity contribution >= 4 is 5.91 Å². The predicted molar refractivity (Wildman–Crippen MR) is 94.2 cm³/mol. The molecule has 1 atom stereocenters. The van der Waals surface area contributed by atoms with Crippen LogP contribution in [0, 0.1) is 0 Å². The van der Waals surface area contributed by atoms with Gasteiger partial charge in [0, 0.05) is 17.7 Å². The highest BCUT2D eigenvalue weighted by atomic mass is 19.4. The van der Waals surface area contributed by atoms with Crippen molar-refractivity contribution in [1.82, 2.24) is 15.0 Å². The summed E-state index contributed by atoms with van der Waals surface area (Å²) in [6.07, 6.45) is -3.18. The molecule has 1 aliphatic heterocycles. The van der Waals surface area contributed by atoms with Crippen LogP contribution in [0.2, 0.25) is 0 Å². The van der Waals surface area contributed by atoms with Crippen LogP contribution in [0.1, 0.15) is 40.7 Å². The Bertz CT molecular complexity index is 986. The molecule has 1 saturated heterocycles. The second-order valence-electron chi connectivity index (χ2n) is 6.56.